The maximum atomic E-state index is 13.7. The second-order valence-corrected chi connectivity index (χ2v) is 9.54. The van der Waals surface area contributed by atoms with E-state index in [-0.39, 0.29) is 15.7 Å². The molecule has 3 N–H and O–H groups in total. The van der Waals surface area contributed by atoms with Gasteiger partial charge in [-0.05, 0) is 49.4 Å². The van der Waals surface area contributed by atoms with Gasteiger partial charge in [-0.2, -0.15) is 0 Å². The topological polar surface area (TPSA) is 100 Å². The van der Waals surface area contributed by atoms with Gasteiger partial charge in [-0.25, -0.2) is 27.0 Å². The van der Waals surface area contributed by atoms with E-state index in [1.807, 2.05) is 6.92 Å². The van der Waals surface area contributed by atoms with Gasteiger partial charge in [0.25, 0.3) is 10.0 Å². The van der Waals surface area contributed by atoms with Crippen LogP contribution in [0.3, 0.4) is 0 Å². The van der Waals surface area contributed by atoms with Crippen LogP contribution < -0.4 is 15.4 Å². The van der Waals surface area contributed by atoms with Crippen molar-refractivity contribution in [1.29, 1.82) is 0 Å². The number of amides is 2. The van der Waals surface area contributed by atoms with E-state index in [4.69, 9.17) is 0 Å². The number of hydrogen-bond donors (Lipinski definition) is 3. The highest BCUT2D eigenvalue weighted by atomic mass is 32.2. The van der Waals surface area contributed by atoms with Crippen LogP contribution in [0, 0.1) is 18.6 Å². The molecule has 2 amide bonds. The minimum atomic E-state index is -3.80. The van der Waals surface area contributed by atoms with Crippen molar-refractivity contribution in [3.8, 4) is 0 Å². The number of rotatable bonds is 5. The summed E-state index contributed by atoms with van der Waals surface area (Å²) < 4.78 is 55.2. The number of nitrogens with one attached hydrogen (secondary N) is 3. The van der Waals surface area contributed by atoms with Crippen molar-refractivity contribution in [1.82, 2.24) is 4.98 Å². The molecule has 11 heteroatoms. The van der Waals surface area contributed by atoms with Crippen molar-refractivity contribution in [2.24, 2.45) is 0 Å². The number of benzene rings is 3. The molecule has 0 aliphatic heterocycles. The average Bonchev–Trinajstić information content (AvgIpc) is 3.11. The van der Waals surface area contributed by atoms with Crippen LogP contribution in [0.5, 0.6) is 0 Å². The van der Waals surface area contributed by atoms with Crippen LogP contribution in [0.25, 0.3) is 10.2 Å². The van der Waals surface area contributed by atoms with Crippen LogP contribution in [-0.2, 0) is 10.0 Å². The Bertz CT molecular complexity index is 1420. The Kier molecular flexibility index (Phi) is 5.76. The molecule has 0 spiro atoms. The van der Waals surface area contributed by atoms with Gasteiger partial charge in [-0.1, -0.05) is 29.0 Å². The maximum Gasteiger partial charge on any atom is 0.323 e. The summed E-state index contributed by atoms with van der Waals surface area (Å²) in [5, 5.41) is 4.91. The van der Waals surface area contributed by atoms with Gasteiger partial charge in [0, 0.05) is 11.8 Å². The van der Waals surface area contributed by atoms with E-state index >= 15 is 0 Å². The molecule has 0 saturated heterocycles. The van der Waals surface area contributed by atoms with Crippen molar-refractivity contribution >= 4 is 54.1 Å². The quantitative estimate of drug-likeness (QED) is 0.364. The number of thiazole rings is 1. The van der Waals surface area contributed by atoms with Gasteiger partial charge in [-0.3, -0.25) is 4.72 Å². The van der Waals surface area contributed by atoms with E-state index in [0.29, 0.717) is 15.9 Å². The summed E-state index contributed by atoms with van der Waals surface area (Å²) in [5.41, 5.74) is 1.43. The Morgan fingerprint density at radius 3 is 2.47 bits per heavy atom. The molecular weight excluding hydrogens is 458 g/mol. The highest BCUT2D eigenvalue weighted by Crippen LogP contribution is 2.30. The molecule has 0 fully saturated rings. The Morgan fingerprint density at radius 1 is 0.969 bits per heavy atom. The molecule has 4 aromatic rings. The van der Waals surface area contributed by atoms with Crippen molar-refractivity contribution in [2.75, 3.05) is 15.4 Å². The summed E-state index contributed by atoms with van der Waals surface area (Å²) in [6, 6.07) is 13.1. The maximum absolute atomic E-state index is 13.7. The fourth-order valence-corrected chi connectivity index (χ4v) is 4.90. The minimum absolute atomic E-state index is 0.117. The molecule has 0 aliphatic rings. The van der Waals surface area contributed by atoms with E-state index in [2.05, 4.69) is 20.3 Å². The van der Waals surface area contributed by atoms with Crippen LogP contribution in [-0.4, -0.2) is 19.4 Å². The number of aromatic nitrogens is 1. The summed E-state index contributed by atoms with van der Waals surface area (Å²) in [5.74, 6) is -1.46. The molecule has 3 aromatic carbocycles. The van der Waals surface area contributed by atoms with Gasteiger partial charge < -0.3 is 10.6 Å². The molecule has 4 rings (SSSR count). The number of aryl methyl sites for hydroxylation is 1. The molecule has 7 nitrogen and oxygen atoms in total. The molecule has 1 aromatic heterocycles. The molecule has 0 radical (unpaired) electrons. The zero-order valence-electron chi connectivity index (χ0n) is 16.5. The lowest BCUT2D eigenvalue weighted by molar-refractivity contribution is 0.262. The number of nitrogens with zero attached hydrogens (tertiary/aromatic N) is 1. The fraction of sp³-hybridized carbons (Fsp3) is 0.0476. The Balaban J connectivity index is 1.49. The first-order chi connectivity index (χ1) is 15.2. The number of hydrogen-bond acceptors (Lipinski definition) is 5. The first-order valence-electron chi connectivity index (χ1n) is 9.23. The normalized spacial score (nSPS) is 11.3. The Hall–Kier alpha value is -3.57. The fourth-order valence-electron chi connectivity index (χ4n) is 2.82. The van der Waals surface area contributed by atoms with Crippen LogP contribution in [0.4, 0.5) is 30.1 Å². The predicted octanol–water partition coefficient (Wildman–Crippen LogP) is 5.33. The Morgan fingerprint density at radius 2 is 1.72 bits per heavy atom. The largest absolute Gasteiger partial charge is 0.323 e. The van der Waals surface area contributed by atoms with Crippen molar-refractivity contribution in [3.63, 3.8) is 0 Å². The second kappa shape index (κ2) is 8.52. The lowest BCUT2D eigenvalue weighted by Gasteiger charge is -2.08. The van der Waals surface area contributed by atoms with Crippen LogP contribution in [0.15, 0.2) is 65.6 Å². The van der Waals surface area contributed by atoms with Gasteiger partial charge in [0.15, 0.2) is 5.13 Å². The molecule has 0 aliphatic carbocycles. The standard InChI is InChI=1S/C21H16F2N4O3S2/c1-12-2-6-15(7-3-12)32(29,30)27-21-26-18-11-14(5-9-19(18)31-21)24-20(28)25-17-10-13(22)4-8-16(17)23/h2-11H,1H3,(H,26,27)(H2,24,25,28). The number of carbonyl (C=O) groups is 1. The van der Waals surface area contributed by atoms with E-state index in [0.717, 1.165) is 35.1 Å². The zero-order valence-corrected chi connectivity index (χ0v) is 18.2. The van der Waals surface area contributed by atoms with Crippen LogP contribution in [0.1, 0.15) is 5.56 Å². The molecule has 32 heavy (non-hydrogen) atoms. The molecule has 164 valence electrons. The summed E-state index contributed by atoms with van der Waals surface area (Å²) >= 11 is 1.13. The van der Waals surface area contributed by atoms with E-state index < -0.39 is 27.7 Å². The van der Waals surface area contributed by atoms with E-state index in [9.17, 15) is 22.0 Å². The second-order valence-electron chi connectivity index (χ2n) is 6.82. The van der Waals surface area contributed by atoms with Crippen molar-refractivity contribution < 1.29 is 22.0 Å². The average molecular weight is 475 g/mol. The first-order valence-corrected chi connectivity index (χ1v) is 11.5. The van der Waals surface area contributed by atoms with Gasteiger partial charge in [-0.15, -0.1) is 0 Å². The zero-order chi connectivity index (χ0) is 22.9. The summed E-state index contributed by atoms with van der Waals surface area (Å²) in [4.78, 5) is 16.5. The molecule has 0 atom stereocenters. The van der Waals surface area contributed by atoms with Crippen LogP contribution >= 0.6 is 11.3 Å². The van der Waals surface area contributed by atoms with Gasteiger partial charge >= 0.3 is 6.03 Å². The predicted molar refractivity (Wildman–Crippen MR) is 121 cm³/mol. The number of fused-ring (bicyclic) bond motifs is 1. The number of halogens is 2. The monoisotopic (exact) mass is 474 g/mol. The Labute approximate surface area is 186 Å². The molecular formula is C21H16F2N4O3S2. The van der Waals surface area contributed by atoms with Gasteiger partial charge in [0.1, 0.15) is 11.6 Å². The summed E-state index contributed by atoms with van der Waals surface area (Å²) in [6.07, 6.45) is 0. The smallest absolute Gasteiger partial charge is 0.308 e. The summed E-state index contributed by atoms with van der Waals surface area (Å²) in [6.45, 7) is 1.86. The molecule has 1 heterocycles. The van der Waals surface area contributed by atoms with Crippen molar-refractivity contribution in [2.45, 2.75) is 11.8 Å². The third kappa shape index (κ3) is 4.84. The third-order valence-corrected chi connectivity index (χ3v) is 6.81. The molecule has 0 bridgehead atoms. The third-order valence-electron chi connectivity index (χ3n) is 4.38. The first kappa shape index (κ1) is 21.7. The highest BCUT2D eigenvalue weighted by Gasteiger charge is 2.17. The molecule has 0 saturated carbocycles. The SMILES string of the molecule is Cc1ccc(S(=O)(=O)Nc2nc3cc(NC(=O)Nc4cc(F)ccc4F)ccc3s2)cc1. The highest BCUT2D eigenvalue weighted by molar-refractivity contribution is 7.93. The number of sulfonamides is 1. The van der Waals surface area contributed by atoms with E-state index in [1.165, 1.54) is 18.2 Å². The van der Waals surface area contributed by atoms with Gasteiger partial charge in [0.2, 0.25) is 0 Å². The number of anilines is 3. The van der Waals surface area contributed by atoms with Gasteiger partial charge in [0.05, 0.1) is 20.8 Å². The van der Waals surface area contributed by atoms with Crippen LogP contribution in [0.2, 0.25) is 0 Å². The number of carbonyl (C=O) groups excluding carboxylic acids is 1. The minimum Gasteiger partial charge on any atom is -0.308 e. The van der Waals surface area contributed by atoms with E-state index in [1.54, 1.807) is 24.3 Å². The molecule has 0 unspecified atom stereocenters. The summed E-state index contributed by atoms with van der Waals surface area (Å²) in [7, 11) is -3.80. The number of urea groups is 1. The lowest BCUT2D eigenvalue weighted by atomic mass is 10.2. The lowest BCUT2D eigenvalue weighted by Crippen LogP contribution is -2.20. The van der Waals surface area contributed by atoms with Crippen molar-refractivity contribution in [3.05, 3.63) is 77.9 Å².